The number of fused-ring (bicyclic) bond motifs is 1. The van der Waals surface area contributed by atoms with Crippen molar-refractivity contribution in [2.45, 2.75) is 38.0 Å². The number of carbonyl (C=O) groups is 1. The Bertz CT molecular complexity index is 1720. The second-order valence-corrected chi connectivity index (χ2v) is 10.5. The molecule has 0 saturated heterocycles. The van der Waals surface area contributed by atoms with Crippen molar-refractivity contribution in [3.8, 4) is 5.75 Å². The summed E-state index contributed by atoms with van der Waals surface area (Å²) in [5.41, 5.74) is -0.0759. The maximum Gasteiger partial charge on any atom is 0.311 e. The Kier molecular flexibility index (Phi) is 8.48. The second kappa shape index (κ2) is 12.4. The summed E-state index contributed by atoms with van der Waals surface area (Å²) in [5, 5.41) is 19.0. The highest BCUT2D eigenvalue weighted by Crippen LogP contribution is 2.33. The van der Waals surface area contributed by atoms with Crippen molar-refractivity contribution < 1.29 is 18.8 Å². The van der Waals surface area contributed by atoms with E-state index in [2.05, 4.69) is 26.3 Å². The number of hydrogen-bond acceptors (Lipinski definition) is 7. The number of aromatic nitrogens is 2. The van der Waals surface area contributed by atoms with Crippen LogP contribution < -0.4 is 15.6 Å². The number of nitro benzene ring substituents is 1. The topological polar surface area (TPSA) is 129 Å². The van der Waals surface area contributed by atoms with Crippen LogP contribution in [0.1, 0.15) is 49.4 Å². The minimum absolute atomic E-state index is 0.0320. The van der Waals surface area contributed by atoms with E-state index in [-0.39, 0.29) is 28.5 Å². The number of para-hydroxylation sites is 2. The first-order chi connectivity index (χ1) is 19.8. The molecule has 0 unspecified atom stereocenters. The standard InChI is InChI=1S/C29H25BrFN5O5/c30-20-13-14-23-21(15-20)29(38)35(28(34-23)18-7-2-1-3-8-18)32-16-19-9-6-12-25(36(39)40)27(19)41-17-26(37)33-24-11-5-4-10-22(24)31/h4-6,9-16,18H,1-3,7-8,17H2,(H,33,37). The summed E-state index contributed by atoms with van der Waals surface area (Å²) in [7, 11) is 0. The number of amides is 1. The van der Waals surface area contributed by atoms with Crippen molar-refractivity contribution in [3.63, 3.8) is 0 Å². The molecule has 3 aromatic carbocycles. The van der Waals surface area contributed by atoms with Crippen molar-refractivity contribution in [1.82, 2.24) is 9.66 Å². The van der Waals surface area contributed by atoms with Gasteiger partial charge in [0, 0.05) is 22.0 Å². The van der Waals surface area contributed by atoms with E-state index < -0.39 is 28.9 Å². The zero-order chi connectivity index (χ0) is 28.9. The number of nitrogens with one attached hydrogen (secondary N) is 1. The molecule has 12 heteroatoms. The van der Waals surface area contributed by atoms with Gasteiger partial charge in [0.25, 0.3) is 11.5 Å². The summed E-state index contributed by atoms with van der Waals surface area (Å²) in [6.07, 6.45) is 6.17. The van der Waals surface area contributed by atoms with Crippen LogP contribution in [-0.2, 0) is 4.79 Å². The van der Waals surface area contributed by atoms with Crippen molar-refractivity contribution in [1.29, 1.82) is 0 Å². The molecule has 1 saturated carbocycles. The zero-order valence-corrected chi connectivity index (χ0v) is 23.3. The van der Waals surface area contributed by atoms with Gasteiger partial charge in [0.2, 0.25) is 5.75 Å². The fourth-order valence-electron chi connectivity index (χ4n) is 4.85. The van der Waals surface area contributed by atoms with E-state index in [1.165, 1.54) is 47.3 Å². The van der Waals surface area contributed by atoms with E-state index in [9.17, 15) is 24.1 Å². The Balaban J connectivity index is 1.51. The van der Waals surface area contributed by atoms with E-state index in [0.29, 0.717) is 21.2 Å². The molecule has 0 atom stereocenters. The van der Waals surface area contributed by atoms with Gasteiger partial charge in [-0.05, 0) is 49.2 Å². The van der Waals surface area contributed by atoms with Crippen LogP contribution in [0.3, 0.4) is 0 Å². The predicted molar refractivity (Wildman–Crippen MR) is 156 cm³/mol. The number of rotatable bonds is 8. The molecule has 1 fully saturated rings. The summed E-state index contributed by atoms with van der Waals surface area (Å²) in [6.45, 7) is -0.626. The molecule has 10 nitrogen and oxygen atoms in total. The van der Waals surface area contributed by atoms with Crippen molar-refractivity contribution >= 4 is 50.3 Å². The molecule has 1 N–H and O–H groups in total. The first-order valence-corrected chi connectivity index (χ1v) is 13.8. The fraction of sp³-hybridized carbons (Fsp3) is 0.241. The van der Waals surface area contributed by atoms with Crippen molar-refractivity contribution in [2.75, 3.05) is 11.9 Å². The van der Waals surface area contributed by atoms with Crippen LogP contribution in [0.15, 0.2) is 75.0 Å². The van der Waals surface area contributed by atoms with Gasteiger partial charge in [0.15, 0.2) is 6.61 Å². The Morgan fingerprint density at radius 1 is 1.17 bits per heavy atom. The van der Waals surface area contributed by atoms with Crippen LogP contribution >= 0.6 is 15.9 Å². The number of hydrogen-bond donors (Lipinski definition) is 1. The molecule has 0 aliphatic heterocycles. The van der Waals surface area contributed by atoms with Gasteiger partial charge in [-0.3, -0.25) is 19.7 Å². The molecule has 1 aliphatic rings. The summed E-state index contributed by atoms with van der Waals surface area (Å²) >= 11 is 3.40. The highest BCUT2D eigenvalue weighted by atomic mass is 79.9. The summed E-state index contributed by atoms with van der Waals surface area (Å²) in [5.74, 6) is -0.998. The van der Waals surface area contributed by atoms with Gasteiger partial charge in [-0.1, -0.05) is 53.4 Å². The lowest BCUT2D eigenvalue weighted by molar-refractivity contribution is -0.385. The molecule has 210 valence electrons. The van der Waals surface area contributed by atoms with Crippen molar-refractivity contribution in [3.05, 3.63) is 103 Å². The Morgan fingerprint density at radius 2 is 1.95 bits per heavy atom. The summed E-state index contributed by atoms with van der Waals surface area (Å²) in [6, 6.07) is 15.1. The minimum atomic E-state index is -0.712. The number of anilines is 1. The highest BCUT2D eigenvalue weighted by molar-refractivity contribution is 9.10. The average Bonchev–Trinajstić information content (AvgIpc) is 2.97. The number of benzene rings is 3. The van der Waals surface area contributed by atoms with Crippen molar-refractivity contribution in [2.24, 2.45) is 5.10 Å². The molecule has 0 radical (unpaired) electrons. The maximum absolute atomic E-state index is 13.9. The molecule has 1 heterocycles. The highest BCUT2D eigenvalue weighted by Gasteiger charge is 2.24. The number of ether oxygens (including phenoxy) is 1. The van der Waals surface area contributed by atoms with Gasteiger partial charge in [0.1, 0.15) is 11.6 Å². The quantitative estimate of drug-likeness (QED) is 0.143. The first kappa shape index (κ1) is 28.1. The largest absolute Gasteiger partial charge is 0.476 e. The zero-order valence-electron chi connectivity index (χ0n) is 21.8. The minimum Gasteiger partial charge on any atom is -0.476 e. The molecule has 0 bridgehead atoms. The molecule has 41 heavy (non-hydrogen) atoms. The van der Waals surface area contributed by atoms with Gasteiger partial charge in [-0.25, -0.2) is 9.37 Å². The molecule has 4 aromatic rings. The first-order valence-electron chi connectivity index (χ1n) is 13.0. The van der Waals surface area contributed by atoms with Gasteiger partial charge >= 0.3 is 5.69 Å². The van der Waals surface area contributed by atoms with Crippen LogP contribution in [-0.4, -0.2) is 33.3 Å². The average molecular weight is 622 g/mol. The molecular weight excluding hydrogens is 597 g/mol. The Labute approximate surface area is 242 Å². The summed E-state index contributed by atoms with van der Waals surface area (Å²) in [4.78, 5) is 42.0. The van der Waals surface area contributed by atoms with E-state index in [1.807, 2.05) is 6.07 Å². The van der Waals surface area contributed by atoms with Crippen LogP contribution in [0.4, 0.5) is 15.8 Å². The number of nitrogens with zero attached hydrogens (tertiary/aromatic N) is 4. The lowest BCUT2D eigenvalue weighted by atomic mass is 9.88. The maximum atomic E-state index is 13.9. The number of carbonyl (C=O) groups excluding carboxylic acids is 1. The predicted octanol–water partition coefficient (Wildman–Crippen LogP) is 6.15. The summed E-state index contributed by atoms with van der Waals surface area (Å²) < 4.78 is 21.5. The monoisotopic (exact) mass is 621 g/mol. The van der Waals surface area contributed by atoms with E-state index in [0.717, 1.165) is 32.1 Å². The van der Waals surface area contributed by atoms with Crippen LogP contribution in [0.5, 0.6) is 5.75 Å². The molecule has 0 spiro atoms. The molecule has 1 aliphatic carbocycles. The van der Waals surface area contributed by atoms with Crippen LogP contribution in [0.2, 0.25) is 0 Å². The van der Waals surface area contributed by atoms with Crippen LogP contribution in [0, 0.1) is 15.9 Å². The SMILES string of the molecule is O=C(COc1c(C=Nn2c(C3CCCCC3)nc3ccc(Br)cc3c2=O)cccc1[N+](=O)[O-])Nc1ccccc1F. The van der Waals surface area contributed by atoms with Crippen LogP contribution in [0.25, 0.3) is 10.9 Å². The molecule has 1 amide bonds. The van der Waals surface area contributed by atoms with E-state index in [4.69, 9.17) is 9.72 Å². The third-order valence-corrected chi connectivity index (χ3v) is 7.33. The lowest BCUT2D eigenvalue weighted by Gasteiger charge is -2.22. The Morgan fingerprint density at radius 3 is 2.71 bits per heavy atom. The third kappa shape index (κ3) is 6.32. The van der Waals surface area contributed by atoms with E-state index >= 15 is 0 Å². The second-order valence-electron chi connectivity index (χ2n) is 9.60. The molecule has 1 aromatic heterocycles. The van der Waals surface area contributed by atoms with Gasteiger partial charge in [-0.15, -0.1) is 0 Å². The smallest absolute Gasteiger partial charge is 0.311 e. The number of halogens is 2. The van der Waals surface area contributed by atoms with Gasteiger partial charge in [0.05, 0.1) is 27.7 Å². The Hall–Kier alpha value is -4.45. The van der Waals surface area contributed by atoms with Gasteiger partial charge in [-0.2, -0.15) is 9.78 Å². The molecular formula is C29H25BrFN5O5. The lowest BCUT2D eigenvalue weighted by Crippen LogP contribution is -2.25. The van der Waals surface area contributed by atoms with Gasteiger partial charge < -0.3 is 10.1 Å². The fourth-order valence-corrected chi connectivity index (χ4v) is 5.22. The molecule has 5 rings (SSSR count). The third-order valence-electron chi connectivity index (χ3n) is 6.83. The normalized spacial score (nSPS) is 13.9. The van der Waals surface area contributed by atoms with E-state index in [1.54, 1.807) is 18.2 Å². The number of nitro groups is 1.